The highest BCUT2D eigenvalue weighted by molar-refractivity contribution is 6.34. The van der Waals surface area contributed by atoms with Crippen LogP contribution in [0.5, 0.6) is 0 Å². The third-order valence-corrected chi connectivity index (χ3v) is 3.09. The molecule has 0 amide bonds. The summed E-state index contributed by atoms with van der Waals surface area (Å²) in [4.78, 5) is 18.4. The number of ketones is 1. The number of hydrogen-bond donors (Lipinski definition) is 0. The molecule has 2 heterocycles. The van der Waals surface area contributed by atoms with Gasteiger partial charge >= 0.3 is 0 Å². The first-order valence-electron chi connectivity index (χ1n) is 5.87. The second kappa shape index (κ2) is 5.54. The summed E-state index contributed by atoms with van der Waals surface area (Å²) in [6, 6.07) is 0. The Morgan fingerprint density at radius 3 is 2.74 bits per heavy atom. The number of carbonyl (C=O) groups is 1. The summed E-state index contributed by atoms with van der Waals surface area (Å²) in [6.45, 7) is 1.39. The quantitative estimate of drug-likeness (QED) is 0.769. The maximum absolute atomic E-state index is 12.5. The van der Waals surface area contributed by atoms with Gasteiger partial charge in [-0.25, -0.2) is 4.98 Å². The van der Waals surface area contributed by atoms with Crippen LogP contribution in [0.1, 0.15) is 16.2 Å². The molecule has 0 unspecified atom stereocenters. The highest BCUT2D eigenvalue weighted by atomic mass is 35.5. The Kier molecular flexibility index (Phi) is 4.01. The van der Waals surface area contributed by atoms with E-state index in [4.69, 9.17) is 11.6 Å². The van der Waals surface area contributed by atoms with Gasteiger partial charge < -0.3 is 9.47 Å². The van der Waals surface area contributed by atoms with E-state index in [1.54, 1.807) is 22.6 Å². The molecule has 0 atom stereocenters. The fourth-order valence-electron chi connectivity index (χ4n) is 1.75. The van der Waals surface area contributed by atoms with E-state index in [-0.39, 0.29) is 5.78 Å². The molecule has 0 aromatic carbocycles. The van der Waals surface area contributed by atoms with E-state index in [2.05, 4.69) is 10.1 Å². The molecule has 2 aromatic rings. The molecule has 0 aliphatic carbocycles. The lowest BCUT2D eigenvalue weighted by Crippen LogP contribution is -2.22. The summed E-state index contributed by atoms with van der Waals surface area (Å²) >= 11 is 6.08. The molecule has 0 aliphatic rings. The Labute approximate surface area is 116 Å². The molecular weight excluding hydrogens is 266 g/mol. The van der Waals surface area contributed by atoms with Gasteiger partial charge in [-0.2, -0.15) is 5.10 Å². The van der Waals surface area contributed by atoms with Crippen molar-refractivity contribution in [3.63, 3.8) is 0 Å². The van der Waals surface area contributed by atoms with Gasteiger partial charge in [-0.05, 0) is 14.1 Å². The molecule has 2 rings (SSSR count). The summed E-state index contributed by atoms with van der Waals surface area (Å²) in [5.41, 5.74) is 0.903. The number of likely N-dealkylation sites (N-methyl/N-ethyl adjacent to an activating group) is 1. The standard InChI is InChI=1S/C12H16ClN5O/c1-16(2)4-5-18-11(9(13)6-15-18)12(19)10-7-14-8-17(10)3/h6-8H,4-5H2,1-3H3. The Hall–Kier alpha value is -1.66. The number of aromatic nitrogens is 4. The monoisotopic (exact) mass is 281 g/mol. The Morgan fingerprint density at radius 1 is 1.42 bits per heavy atom. The van der Waals surface area contributed by atoms with Crippen molar-refractivity contribution in [3.8, 4) is 0 Å². The normalized spacial score (nSPS) is 11.2. The molecular formula is C12H16ClN5O. The van der Waals surface area contributed by atoms with Crippen LogP contribution in [0.4, 0.5) is 0 Å². The predicted octanol–water partition coefficient (Wildman–Crippen LogP) is 1.06. The summed E-state index contributed by atoms with van der Waals surface area (Å²) in [6.07, 6.45) is 4.62. The summed E-state index contributed by atoms with van der Waals surface area (Å²) in [7, 11) is 5.70. The largest absolute Gasteiger partial charge is 0.331 e. The minimum Gasteiger partial charge on any atom is -0.331 e. The fraction of sp³-hybridized carbons (Fsp3) is 0.417. The SMILES string of the molecule is CN(C)CCn1ncc(Cl)c1C(=O)c1cncn1C. The first-order chi connectivity index (χ1) is 9.00. The lowest BCUT2D eigenvalue weighted by Gasteiger charge is -2.11. The van der Waals surface area contributed by atoms with E-state index in [0.717, 1.165) is 6.54 Å². The smallest absolute Gasteiger partial charge is 0.230 e. The van der Waals surface area contributed by atoms with Crippen LogP contribution in [0, 0.1) is 0 Å². The van der Waals surface area contributed by atoms with Crippen LogP contribution < -0.4 is 0 Å². The van der Waals surface area contributed by atoms with Gasteiger partial charge in [0.15, 0.2) is 0 Å². The molecule has 0 fully saturated rings. The van der Waals surface area contributed by atoms with Gasteiger partial charge in [0.2, 0.25) is 5.78 Å². The minimum atomic E-state index is -0.166. The fourth-order valence-corrected chi connectivity index (χ4v) is 1.98. The molecule has 0 aliphatic heterocycles. The lowest BCUT2D eigenvalue weighted by molar-refractivity contribution is 0.102. The van der Waals surface area contributed by atoms with Gasteiger partial charge in [0.25, 0.3) is 0 Å². The third kappa shape index (κ3) is 2.85. The maximum Gasteiger partial charge on any atom is 0.230 e. The zero-order valence-electron chi connectivity index (χ0n) is 11.2. The second-order valence-corrected chi connectivity index (χ2v) is 4.99. The van der Waals surface area contributed by atoms with E-state index in [0.29, 0.717) is 23.0 Å². The van der Waals surface area contributed by atoms with Crippen LogP contribution in [0.25, 0.3) is 0 Å². The van der Waals surface area contributed by atoms with Gasteiger partial charge in [0.05, 0.1) is 30.3 Å². The minimum absolute atomic E-state index is 0.166. The lowest BCUT2D eigenvalue weighted by atomic mass is 10.2. The van der Waals surface area contributed by atoms with Crippen LogP contribution >= 0.6 is 11.6 Å². The van der Waals surface area contributed by atoms with Crippen LogP contribution in [-0.4, -0.2) is 50.7 Å². The van der Waals surface area contributed by atoms with Crippen molar-refractivity contribution < 1.29 is 4.79 Å². The highest BCUT2D eigenvalue weighted by Crippen LogP contribution is 2.19. The Bertz CT molecular complexity index is 587. The van der Waals surface area contributed by atoms with Crippen molar-refractivity contribution in [2.75, 3.05) is 20.6 Å². The molecule has 2 aromatic heterocycles. The number of aryl methyl sites for hydroxylation is 1. The molecule has 0 N–H and O–H groups in total. The number of rotatable bonds is 5. The number of nitrogens with zero attached hydrogens (tertiary/aromatic N) is 5. The zero-order chi connectivity index (χ0) is 14.0. The van der Waals surface area contributed by atoms with Crippen molar-refractivity contribution in [2.45, 2.75) is 6.54 Å². The summed E-state index contributed by atoms with van der Waals surface area (Å²) < 4.78 is 3.31. The molecule has 7 heteroatoms. The summed E-state index contributed by atoms with van der Waals surface area (Å²) in [5.74, 6) is -0.166. The Balaban J connectivity index is 2.31. The third-order valence-electron chi connectivity index (χ3n) is 2.82. The van der Waals surface area contributed by atoms with Gasteiger partial charge in [-0.3, -0.25) is 9.48 Å². The van der Waals surface area contributed by atoms with Gasteiger partial charge in [0.1, 0.15) is 11.4 Å². The number of carbonyl (C=O) groups excluding carboxylic acids is 1. The first-order valence-corrected chi connectivity index (χ1v) is 6.25. The Morgan fingerprint density at radius 2 is 2.16 bits per heavy atom. The predicted molar refractivity (Wildman–Crippen MR) is 72.4 cm³/mol. The van der Waals surface area contributed by atoms with E-state index >= 15 is 0 Å². The number of imidazole rings is 1. The molecule has 0 bridgehead atoms. The number of halogens is 1. The topological polar surface area (TPSA) is 56.0 Å². The maximum atomic E-state index is 12.5. The average Bonchev–Trinajstić information content (AvgIpc) is 2.92. The van der Waals surface area contributed by atoms with Crippen molar-refractivity contribution >= 4 is 17.4 Å². The van der Waals surface area contributed by atoms with Crippen LogP contribution in [0.3, 0.4) is 0 Å². The molecule has 102 valence electrons. The summed E-state index contributed by atoms with van der Waals surface area (Å²) in [5, 5.41) is 4.52. The van der Waals surface area contributed by atoms with Crippen molar-refractivity contribution in [3.05, 3.63) is 35.1 Å². The molecule has 0 radical (unpaired) electrons. The van der Waals surface area contributed by atoms with Gasteiger partial charge in [-0.1, -0.05) is 11.6 Å². The van der Waals surface area contributed by atoms with Crippen molar-refractivity contribution in [1.29, 1.82) is 0 Å². The highest BCUT2D eigenvalue weighted by Gasteiger charge is 2.21. The molecule has 0 saturated heterocycles. The van der Waals surface area contributed by atoms with E-state index in [1.807, 2.05) is 19.0 Å². The first kappa shape index (κ1) is 13.8. The zero-order valence-corrected chi connectivity index (χ0v) is 11.9. The van der Waals surface area contributed by atoms with Crippen LogP contribution in [-0.2, 0) is 13.6 Å². The van der Waals surface area contributed by atoms with Gasteiger partial charge in [0, 0.05) is 13.6 Å². The van der Waals surface area contributed by atoms with E-state index in [1.165, 1.54) is 12.4 Å². The molecule has 6 nitrogen and oxygen atoms in total. The van der Waals surface area contributed by atoms with Gasteiger partial charge in [-0.15, -0.1) is 0 Å². The molecule has 0 saturated carbocycles. The molecule has 0 spiro atoms. The van der Waals surface area contributed by atoms with Crippen LogP contribution in [0.15, 0.2) is 18.7 Å². The number of hydrogen-bond acceptors (Lipinski definition) is 4. The van der Waals surface area contributed by atoms with Crippen molar-refractivity contribution in [1.82, 2.24) is 24.2 Å². The average molecular weight is 282 g/mol. The van der Waals surface area contributed by atoms with E-state index in [9.17, 15) is 4.79 Å². The van der Waals surface area contributed by atoms with Crippen molar-refractivity contribution in [2.24, 2.45) is 7.05 Å². The molecule has 19 heavy (non-hydrogen) atoms. The van der Waals surface area contributed by atoms with Crippen LogP contribution in [0.2, 0.25) is 5.02 Å². The second-order valence-electron chi connectivity index (χ2n) is 4.59. The van der Waals surface area contributed by atoms with E-state index < -0.39 is 0 Å².